The number of hydrogen-bond donors (Lipinski definition) is 1. The largest absolute Gasteiger partial charge is 0.482 e. The van der Waals surface area contributed by atoms with Gasteiger partial charge in [0, 0.05) is 22.0 Å². The van der Waals surface area contributed by atoms with Gasteiger partial charge in [-0.15, -0.1) is 11.3 Å². The maximum atomic E-state index is 12.6. The summed E-state index contributed by atoms with van der Waals surface area (Å²) in [5.41, 5.74) is 2.94. The first-order valence-corrected chi connectivity index (χ1v) is 10.7. The highest BCUT2D eigenvalue weighted by molar-refractivity contribution is 9.10. The van der Waals surface area contributed by atoms with E-state index in [9.17, 15) is 9.59 Å². The summed E-state index contributed by atoms with van der Waals surface area (Å²) >= 11 is 4.86. The predicted molar refractivity (Wildman–Crippen MR) is 118 cm³/mol. The second-order valence-electron chi connectivity index (χ2n) is 6.50. The summed E-state index contributed by atoms with van der Waals surface area (Å²) in [5.74, 6) is 0.362. The van der Waals surface area contributed by atoms with Gasteiger partial charge in [-0.1, -0.05) is 19.1 Å². The Bertz CT molecular complexity index is 1110. The fraction of sp³-hybridized carbons (Fsp3) is 0.190. The van der Waals surface area contributed by atoms with Gasteiger partial charge in [0.15, 0.2) is 11.7 Å². The van der Waals surface area contributed by atoms with E-state index >= 15 is 0 Å². The maximum absolute atomic E-state index is 12.6. The van der Waals surface area contributed by atoms with Crippen LogP contribution in [0.25, 0.3) is 11.3 Å². The van der Waals surface area contributed by atoms with E-state index in [1.807, 2.05) is 43.3 Å². The smallest absolute Gasteiger partial charge is 0.264 e. The Kier molecular flexibility index (Phi) is 5.38. The van der Waals surface area contributed by atoms with Crippen molar-refractivity contribution in [2.24, 2.45) is 0 Å². The molecule has 2 heterocycles. The minimum Gasteiger partial charge on any atom is -0.482 e. The van der Waals surface area contributed by atoms with Gasteiger partial charge in [-0.05, 0) is 52.7 Å². The summed E-state index contributed by atoms with van der Waals surface area (Å²) < 4.78 is 6.23. The predicted octanol–water partition coefficient (Wildman–Crippen LogP) is 4.74. The van der Waals surface area contributed by atoms with Gasteiger partial charge in [0.2, 0.25) is 0 Å². The standard InChI is InChI=1S/C21H18BrN3O3S/c1-3-17-19(12-8-9-16-15(10-12)25(2)18(26)11-28-16)23-21(29-17)24-20(27)13-6-4-5-7-14(13)22/h4-10H,3,11H2,1-2H3,(H,23,24,27). The zero-order valence-electron chi connectivity index (χ0n) is 15.9. The van der Waals surface area contributed by atoms with E-state index in [2.05, 4.69) is 26.2 Å². The number of carbonyl (C=O) groups is 2. The average molecular weight is 472 g/mol. The normalized spacial score (nSPS) is 13.1. The lowest BCUT2D eigenvalue weighted by molar-refractivity contribution is -0.120. The summed E-state index contributed by atoms with van der Waals surface area (Å²) in [5, 5.41) is 3.43. The minimum absolute atomic E-state index is 0.0466. The molecule has 4 rings (SSSR count). The first-order chi connectivity index (χ1) is 14.0. The number of nitrogens with one attached hydrogen (secondary N) is 1. The summed E-state index contributed by atoms with van der Waals surface area (Å²) in [6.07, 6.45) is 0.778. The summed E-state index contributed by atoms with van der Waals surface area (Å²) in [6.45, 7) is 2.10. The lowest BCUT2D eigenvalue weighted by Crippen LogP contribution is -2.35. The van der Waals surface area contributed by atoms with E-state index in [0.717, 1.165) is 27.0 Å². The third kappa shape index (κ3) is 3.77. The molecule has 1 aliphatic heterocycles. The van der Waals surface area contributed by atoms with Gasteiger partial charge in [-0.25, -0.2) is 4.98 Å². The van der Waals surface area contributed by atoms with Gasteiger partial charge in [-0.2, -0.15) is 0 Å². The Morgan fingerprint density at radius 3 is 2.86 bits per heavy atom. The molecule has 2 amide bonds. The fourth-order valence-corrected chi connectivity index (χ4v) is 4.48. The van der Waals surface area contributed by atoms with Gasteiger partial charge in [-0.3, -0.25) is 14.9 Å². The molecule has 1 aliphatic rings. The van der Waals surface area contributed by atoms with Crippen LogP contribution in [0.2, 0.25) is 0 Å². The molecule has 3 aromatic rings. The number of anilines is 2. The molecule has 0 saturated carbocycles. The van der Waals surface area contributed by atoms with Crippen molar-refractivity contribution in [1.29, 1.82) is 0 Å². The third-order valence-corrected chi connectivity index (χ3v) is 6.48. The van der Waals surface area contributed by atoms with Crippen molar-refractivity contribution in [3.8, 4) is 17.0 Å². The van der Waals surface area contributed by atoms with Crippen LogP contribution in [0.1, 0.15) is 22.2 Å². The number of aromatic nitrogens is 1. The Labute approximate surface area is 180 Å². The fourth-order valence-electron chi connectivity index (χ4n) is 3.10. The number of aryl methyl sites for hydroxylation is 1. The van der Waals surface area contributed by atoms with Gasteiger partial charge in [0.1, 0.15) is 5.75 Å². The molecule has 0 radical (unpaired) electrons. The topological polar surface area (TPSA) is 71.5 Å². The zero-order valence-corrected chi connectivity index (χ0v) is 18.3. The van der Waals surface area contributed by atoms with Crippen LogP contribution in [0.3, 0.4) is 0 Å². The quantitative estimate of drug-likeness (QED) is 0.596. The van der Waals surface area contributed by atoms with Crippen molar-refractivity contribution < 1.29 is 14.3 Å². The van der Waals surface area contributed by atoms with E-state index in [1.165, 1.54) is 11.3 Å². The molecule has 6 nitrogen and oxygen atoms in total. The highest BCUT2D eigenvalue weighted by atomic mass is 79.9. The van der Waals surface area contributed by atoms with Crippen LogP contribution in [0, 0.1) is 0 Å². The second kappa shape index (κ2) is 7.96. The van der Waals surface area contributed by atoms with Crippen LogP contribution < -0.4 is 15.0 Å². The molecule has 1 aromatic heterocycles. The third-order valence-electron chi connectivity index (χ3n) is 4.68. The zero-order chi connectivity index (χ0) is 20.5. The molecular formula is C21H18BrN3O3S. The van der Waals surface area contributed by atoms with E-state index in [0.29, 0.717) is 22.1 Å². The van der Waals surface area contributed by atoms with Crippen molar-refractivity contribution in [1.82, 2.24) is 4.98 Å². The summed E-state index contributed by atoms with van der Waals surface area (Å²) in [7, 11) is 1.73. The number of amides is 2. The van der Waals surface area contributed by atoms with E-state index in [4.69, 9.17) is 4.74 Å². The Morgan fingerprint density at radius 1 is 1.31 bits per heavy atom. The number of nitrogens with zero attached hydrogens (tertiary/aromatic N) is 2. The Morgan fingerprint density at radius 2 is 2.10 bits per heavy atom. The van der Waals surface area contributed by atoms with Crippen molar-refractivity contribution in [2.45, 2.75) is 13.3 Å². The number of rotatable bonds is 4. The minimum atomic E-state index is -0.218. The van der Waals surface area contributed by atoms with E-state index in [-0.39, 0.29) is 18.4 Å². The molecule has 0 bridgehead atoms. The SMILES string of the molecule is CCc1sc(NC(=O)c2ccccc2Br)nc1-c1ccc2c(c1)N(C)C(=O)CO2. The van der Waals surface area contributed by atoms with Gasteiger partial charge in [0.25, 0.3) is 11.8 Å². The molecule has 148 valence electrons. The molecule has 8 heteroatoms. The maximum Gasteiger partial charge on any atom is 0.264 e. The first kappa shape index (κ1) is 19.6. The van der Waals surface area contributed by atoms with Crippen molar-refractivity contribution in [2.75, 3.05) is 23.9 Å². The number of benzene rings is 2. The average Bonchev–Trinajstić information content (AvgIpc) is 3.13. The van der Waals surface area contributed by atoms with Crippen LogP contribution in [-0.4, -0.2) is 30.5 Å². The number of hydrogen-bond acceptors (Lipinski definition) is 5. The van der Waals surface area contributed by atoms with Crippen LogP contribution in [0.15, 0.2) is 46.9 Å². The van der Waals surface area contributed by atoms with Gasteiger partial charge < -0.3 is 9.64 Å². The van der Waals surface area contributed by atoms with Crippen LogP contribution in [0.5, 0.6) is 5.75 Å². The number of likely N-dealkylation sites (N-methyl/N-ethyl adjacent to an activating group) is 1. The van der Waals surface area contributed by atoms with Crippen molar-refractivity contribution in [3.63, 3.8) is 0 Å². The molecule has 0 atom stereocenters. The summed E-state index contributed by atoms with van der Waals surface area (Å²) in [6, 6.07) is 12.9. The number of thiazole rings is 1. The van der Waals surface area contributed by atoms with E-state index in [1.54, 1.807) is 18.0 Å². The lowest BCUT2D eigenvalue weighted by Gasteiger charge is -2.26. The molecular weight excluding hydrogens is 454 g/mol. The monoisotopic (exact) mass is 471 g/mol. The summed E-state index contributed by atoms with van der Waals surface area (Å²) in [4.78, 5) is 31.9. The number of fused-ring (bicyclic) bond motifs is 1. The molecule has 0 aliphatic carbocycles. The molecule has 0 fully saturated rings. The Balaban J connectivity index is 1.66. The molecule has 1 N–H and O–H groups in total. The molecule has 0 spiro atoms. The first-order valence-electron chi connectivity index (χ1n) is 9.07. The van der Waals surface area contributed by atoms with Crippen LogP contribution in [0.4, 0.5) is 10.8 Å². The Hall–Kier alpha value is -2.71. The molecule has 0 unspecified atom stereocenters. The van der Waals surface area contributed by atoms with Crippen molar-refractivity contribution in [3.05, 3.63) is 57.4 Å². The number of halogens is 1. The van der Waals surface area contributed by atoms with E-state index < -0.39 is 0 Å². The molecule has 2 aromatic carbocycles. The molecule has 0 saturated heterocycles. The number of ether oxygens (including phenoxy) is 1. The lowest BCUT2D eigenvalue weighted by atomic mass is 10.1. The van der Waals surface area contributed by atoms with Crippen LogP contribution >= 0.6 is 27.3 Å². The molecule has 29 heavy (non-hydrogen) atoms. The number of carbonyl (C=O) groups excluding carboxylic acids is 2. The van der Waals surface area contributed by atoms with Crippen LogP contribution in [-0.2, 0) is 11.2 Å². The second-order valence-corrected chi connectivity index (χ2v) is 8.44. The highest BCUT2D eigenvalue weighted by Crippen LogP contribution is 2.38. The highest BCUT2D eigenvalue weighted by Gasteiger charge is 2.24. The van der Waals surface area contributed by atoms with Crippen molar-refractivity contribution >= 4 is 49.9 Å². The van der Waals surface area contributed by atoms with Gasteiger partial charge in [0.05, 0.1) is 16.9 Å². The van der Waals surface area contributed by atoms with Gasteiger partial charge >= 0.3 is 0 Å².